The maximum absolute atomic E-state index is 12.3. The van der Waals surface area contributed by atoms with Crippen LogP contribution in [0.5, 0.6) is 0 Å². The van der Waals surface area contributed by atoms with Gasteiger partial charge in [-0.3, -0.25) is 10.0 Å². The highest BCUT2D eigenvalue weighted by molar-refractivity contribution is 5.85. The lowest BCUT2D eigenvalue weighted by Crippen LogP contribution is -2.50. The Morgan fingerprint density at radius 3 is 1.90 bits per heavy atom. The first-order valence-electron chi connectivity index (χ1n) is 7.61. The van der Waals surface area contributed by atoms with Crippen molar-refractivity contribution in [2.24, 2.45) is 17.8 Å². The van der Waals surface area contributed by atoms with Crippen molar-refractivity contribution in [2.75, 3.05) is 0 Å². The summed E-state index contributed by atoms with van der Waals surface area (Å²) in [5.74, 6) is -1.24. The van der Waals surface area contributed by atoms with E-state index in [-0.39, 0.29) is 11.8 Å². The highest BCUT2D eigenvalue weighted by Crippen LogP contribution is 2.20. The first-order chi connectivity index (χ1) is 9.36. The van der Waals surface area contributed by atoms with Crippen LogP contribution in [0.2, 0.25) is 0 Å². The Kier molecular flexibility index (Phi) is 7.37. The second-order valence-electron chi connectivity index (χ2n) is 7.44. The number of esters is 1. The largest absolute Gasteiger partial charge is 0.458 e. The molecule has 124 valence electrons. The van der Waals surface area contributed by atoms with Crippen molar-refractivity contribution in [1.82, 2.24) is 5.06 Å². The van der Waals surface area contributed by atoms with Crippen molar-refractivity contribution < 1.29 is 19.5 Å². The quantitative estimate of drug-likeness (QED) is 0.464. The van der Waals surface area contributed by atoms with Crippen LogP contribution in [0.25, 0.3) is 0 Å². The van der Waals surface area contributed by atoms with Gasteiger partial charge < -0.3 is 4.74 Å². The van der Waals surface area contributed by atoms with Gasteiger partial charge in [-0.15, -0.1) is 0 Å². The van der Waals surface area contributed by atoms with Crippen molar-refractivity contribution in [2.45, 2.75) is 73.5 Å². The molecular weight excluding hydrogens is 270 g/mol. The van der Waals surface area contributed by atoms with E-state index in [1.54, 1.807) is 41.5 Å². The Morgan fingerprint density at radius 2 is 1.57 bits per heavy atom. The van der Waals surface area contributed by atoms with Gasteiger partial charge in [-0.2, -0.15) is 0 Å². The molecule has 0 saturated heterocycles. The number of hydroxylamine groups is 2. The molecule has 2 atom stereocenters. The van der Waals surface area contributed by atoms with E-state index in [1.165, 1.54) is 0 Å². The molecule has 0 unspecified atom stereocenters. The van der Waals surface area contributed by atoms with Crippen molar-refractivity contribution in [3.05, 3.63) is 0 Å². The van der Waals surface area contributed by atoms with E-state index >= 15 is 0 Å². The van der Waals surface area contributed by atoms with Gasteiger partial charge in [0.25, 0.3) is 0 Å². The summed E-state index contributed by atoms with van der Waals surface area (Å²) in [6.07, 6.45) is 0.662. The van der Waals surface area contributed by atoms with Gasteiger partial charge in [0.2, 0.25) is 5.91 Å². The minimum Gasteiger partial charge on any atom is -0.458 e. The van der Waals surface area contributed by atoms with E-state index < -0.39 is 23.5 Å². The van der Waals surface area contributed by atoms with Crippen LogP contribution in [0.3, 0.4) is 0 Å². The molecule has 0 heterocycles. The highest BCUT2D eigenvalue weighted by Gasteiger charge is 2.36. The maximum Gasteiger partial charge on any atom is 0.332 e. The fraction of sp³-hybridized carbons (Fsp3) is 0.875. The van der Waals surface area contributed by atoms with E-state index in [2.05, 4.69) is 0 Å². The van der Waals surface area contributed by atoms with Crippen LogP contribution in [0.1, 0.15) is 61.8 Å². The fourth-order valence-corrected chi connectivity index (χ4v) is 2.19. The average molecular weight is 301 g/mol. The number of hydrogen-bond donors (Lipinski definition) is 1. The summed E-state index contributed by atoms with van der Waals surface area (Å²) in [5.41, 5.74) is -0.655. The van der Waals surface area contributed by atoms with Gasteiger partial charge in [0.1, 0.15) is 5.60 Å². The molecule has 0 aromatic rings. The Hall–Kier alpha value is -1.10. The summed E-state index contributed by atoms with van der Waals surface area (Å²) >= 11 is 0. The molecular formula is C16H31NO4. The van der Waals surface area contributed by atoms with Gasteiger partial charge in [-0.05, 0) is 39.0 Å². The van der Waals surface area contributed by atoms with Crippen LogP contribution < -0.4 is 0 Å². The van der Waals surface area contributed by atoms with Gasteiger partial charge in [-0.25, -0.2) is 9.86 Å². The number of carbonyl (C=O) groups is 2. The van der Waals surface area contributed by atoms with Crippen LogP contribution in [-0.4, -0.2) is 33.8 Å². The van der Waals surface area contributed by atoms with Crippen molar-refractivity contribution in [3.8, 4) is 0 Å². The lowest BCUT2D eigenvalue weighted by atomic mass is 9.96. The number of nitrogens with zero attached hydrogens (tertiary/aromatic N) is 1. The van der Waals surface area contributed by atoms with Gasteiger partial charge >= 0.3 is 5.97 Å². The van der Waals surface area contributed by atoms with Crippen LogP contribution >= 0.6 is 0 Å². The molecule has 0 aromatic carbocycles. The van der Waals surface area contributed by atoms with E-state index in [1.807, 2.05) is 13.8 Å². The van der Waals surface area contributed by atoms with Crippen LogP contribution in [-0.2, 0) is 14.3 Å². The minimum absolute atomic E-state index is 0.236. The Labute approximate surface area is 128 Å². The van der Waals surface area contributed by atoms with Gasteiger partial charge in [0, 0.05) is 5.92 Å². The lowest BCUT2D eigenvalue weighted by Gasteiger charge is -2.32. The van der Waals surface area contributed by atoms with E-state index in [4.69, 9.17) is 4.74 Å². The zero-order valence-electron chi connectivity index (χ0n) is 14.6. The number of ether oxygens (including phenoxy) is 1. The molecule has 0 radical (unpaired) electrons. The molecule has 5 heteroatoms. The molecule has 0 aromatic heterocycles. The van der Waals surface area contributed by atoms with Crippen LogP contribution in [0.4, 0.5) is 0 Å². The summed E-state index contributed by atoms with van der Waals surface area (Å²) < 4.78 is 5.30. The number of rotatable bonds is 6. The first-order valence-corrected chi connectivity index (χ1v) is 7.61. The predicted molar refractivity (Wildman–Crippen MR) is 81.7 cm³/mol. The van der Waals surface area contributed by atoms with Crippen molar-refractivity contribution >= 4 is 11.9 Å². The molecule has 0 aliphatic carbocycles. The van der Waals surface area contributed by atoms with E-state index in [0.717, 1.165) is 0 Å². The summed E-state index contributed by atoms with van der Waals surface area (Å²) in [7, 11) is 0. The van der Waals surface area contributed by atoms with Gasteiger partial charge in [0.05, 0.1) is 0 Å². The summed E-state index contributed by atoms with van der Waals surface area (Å²) in [5, 5.41) is 10.7. The van der Waals surface area contributed by atoms with Crippen LogP contribution in [0.15, 0.2) is 0 Å². The van der Waals surface area contributed by atoms with E-state index in [9.17, 15) is 14.8 Å². The molecule has 0 rings (SSSR count). The SMILES string of the molecule is CC(C)C[C@H](C)C(=O)N(O)[C@H](C(=O)OC(C)(C)C)C(C)C. The number of hydrogen-bond acceptors (Lipinski definition) is 4. The summed E-state index contributed by atoms with van der Waals surface area (Å²) in [4.78, 5) is 24.5. The molecule has 0 aliphatic rings. The smallest absolute Gasteiger partial charge is 0.332 e. The number of amides is 1. The molecule has 1 amide bonds. The highest BCUT2D eigenvalue weighted by atomic mass is 16.6. The third-order valence-electron chi connectivity index (χ3n) is 3.02. The molecule has 5 nitrogen and oxygen atoms in total. The standard InChI is InChI=1S/C16H31NO4/c1-10(2)9-12(5)14(18)17(20)13(11(3)4)15(19)21-16(6,7)8/h10-13,20H,9H2,1-8H3/t12-,13-/m0/s1. The average Bonchev–Trinajstić information content (AvgIpc) is 2.23. The van der Waals surface area contributed by atoms with Crippen molar-refractivity contribution in [3.63, 3.8) is 0 Å². The van der Waals surface area contributed by atoms with Gasteiger partial charge in [-0.1, -0.05) is 34.6 Å². The predicted octanol–water partition coefficient (Wildman–Crippen LogP) is 3.25. The monoisotopic (exact) mass is 301 g/mol. The molecule has 0 aliphatic heterocycles. The zero-order chi connectivity index (χ0) is 17.0. The molecule has 0 bridgehead atoms. The Balaban J connectivity index is 5.03. The molecule has 0 fully saturated rings. The molecule has 0 saturated carbocycles. The second-order valence-corrected chi connectivity index (χ2v) is 7.44. The zero-order valence-corrected chi connectivity index (χ0v) is 14.6. The molecule has 0 spiro atoms. The third-order valence-corrected chi connectivity index (χ3v) is 3.02. The minimum atomic E-state index is -0.980. The Morgan fingerprint density at radius 1 is 1.10 bits per heavy atom. The first kappa shape index (κ1) is 19.9. The normalized spacial score (nSPS) is 15.0. The summed E-state index contributed by atoms with van der Waals surface area (Å²) in [6, 6.07) is -0.980. The third kappa shape index (κ3) is 6.93. The molecule has 1 N–H and O–H groups in total. The molecule has 21 heavy (non-hydrogen) atoms. The fourth-order valence-electron chi connectivity index (χ4n) is 2.19. The lowest BCUT2D eigenvalue weighted by molar-refractivity contribution is -0.200. The van der Waals surface area contributed by atoms with Crippen molar-refractivity contribution in [1.29, 1.82) is 0 Å². The number of carbonyl (C=O) groups excluding carboxylic acids is 2. The summed E-state index contributed by atoms with van der Waals surface area (Å²) in [6.45, 7) is 14.6. The Bertz CT molecular complexity index is 358. The van der Waals surface area contributed by atoms with E-state index in [0.29, 0.717) is 17.4 Å². The topological polar surface area (TPSA) is 66.8 Å². The van der Waals surface area contributed by atoms with Gasteiger partial charge in [0.15, 0.2) is 6.04 Å². The van der Waals surface area contributed by atoms with Crippen LogP contribution in [0, 0.1) is 17.8 Å². The second kappa shape index (κ2) is 7.78. The maximum atomic E-state index is 12.3.